The zero-order valence-electron chi connectivity index (χ0n) is 14.6. The van der Waals surface area contributed by atoms with Gasteiger partial charge in [-0.1, -0.05) is 18.2 Å². The van der Waals surface area contributed by atoms with E-state index in [1.165, 1.54) is 0 Å². The summed E-state index contributed by atoms with van der Waals surface area (Å²) in [5, 5.41) is 19.5. The van der Waals surface area contributed by atoms with E-state index in [2.05, 4.69) is 30.9 Å². The van der Waals surface area contributed by atoms with Gasteiger partial charge in [-0.15, -0.1) is 10.2 Å². The monoisotopic (exact) mass is 361 g/mol. The minimum absolute atomic E-state index is 0.0123. The van der Waals surface area contributed by atoms with Gasteiger partial charge in [0, 0.05) is 42.6 Å². The third-order valence-electron chi connectivity index (χ3n) is 4.17. The third kappa shape index (κ3) is 3.95. The van der Waals surface area contributed by atoms with Crippen molar-refractivity contribution in [2.75, 3.05) is 18.4 Å². The maximum atomic E-state index is 12.2. The van der Waals surface area contributed by atoms with E-state index in [-0.39, 0.29) is 5.91 Å². The van der Waals surface area contributed by atoms with Crippen molar-refractivity contribution in [3.63, 3.8) is 0 Å². The second-order valence-electron chi connectivity index (χ2n) is 6.04. The van der Waals surface area contributed by atoms with Crippen molar-refractivity contribution in [3.05, 3.63) is 66.6 Å². The van der Waals surface area contributed by atoms with Crippen LogP contribution in [0.5, 0.6) is 0 Å². The molecule has 1 amide bonds. The van der Waals surface area contributed by atoms with Crippen molar-refractivity contribution in [1.29, 1.82) is 0 Å². The van der Waals surface area contributed by atoms with E-state index in [1.807, 2.05) is 48.7 Å². The van der Waals surface area contributed by atoms with Crippen LogP contribution in [0.4, 0.5) is 5.82 Å². The van der Waals surface area contributed by atoms with Gasteiger partial charge >= 0.3 is 0 Å². The predicted octanol–water partition coefficient (Wildman–Crippen LogP) is 1.91. The van der Waals surface area contributed by atoms with E-state index < -0.39 is 0 Å². The number of amides is 1. The number of H-pyrrole nitrogens is 1. The molecule has 0 unspecified atom stereocenters. The molecule has 4 aromatic rings. The molecule has 1 aromatic carbocycles. The maximum Gasteiger partial charge on any atom is 0.224 e. The number of benzene rings is 1. The van der Waals surface area contributed by atoms with Crippen LogP contribution in [0.25, 0.3) is 16.7 Å². The highest BCUT2D eigenvalue weighted by Gasteiger charge is 2.08. The zero-order valence-corrected chi connectivity index (χ0v) is 14.6. The molecule has 0 bridgehead atoms. The number of aromatic nitrogens is 5. The molecule has 0 spiro atoms. The van der Waals surface area contributed by atoms with E-state index in [1.54, 1.807) is 17.1 Å². The molecule has 4 rings (SSSR count). The second kappa shape index (κ2) is 7.69. The van der Waals surface area contributed by atoms with Crippen LogP contribution >= 0.6 is 0 Å². The van der Waals surface area contributed by atoms with Crippen LogP contribution in [0.3, 0.4) is 0 Å². The van der Waals surface area contributed by atoms with Crippen LogP contribution in [0.15, 0.2) is 61.1 Å². The first-order valence-electron chi connectivity index (χ1n) is 8.69. The Hall–Kier alpha value is -3.68. The first-order chi connectivity index (χ1) is 13.3. The van der Waals surface area contributed by atoms with Gasteiger partial charge in [0.25, 0.3) is 0 Å². The minimum atomic E-state index is -0.0123. The number of nitrogens with zero attached hydrogens (tertiary/aromatic N) is 4. The highest BCUT2D eigenvalue weighted by atomic mass is 16.1. The quantitative estimate of drug-likeness (QED) is 0.437. The van der Waals surface area contributed by atoms with Gasteiger partial charge < -0.3 is 15.6 Å². The van der Waals surface area contributed by atoms with Crippen LogP contribution in [0, 0.1) is 0 Å². The predicted molar refractivity (Wildman–Crippen MR) is 103 cm³/mol. The van der Waals surface area contributed by atoms with Gasteiger partial charge in [-0.3, -0.25) is 4.79 Å². The van der Waals surface area contributed by atoms with E-state index in [4.69, 9.17) is 0 Å². The lowest BCUT2D eigenvalue weighted by Gasteiger charge is -2.07. The molecule has 27 heavy (non-hydrogen) atoms. The zero-order chi connectivity index (χ0) is 18.5. The number of fused-ring (bicyclic) bond motifs is 1. The maximum absolute atomic E-state index is 12.2. The number of carbonyl (C=O) groups excluding carboxylic acids is 1. The molecular weight excluding hydrogens is 342 g/mol. The van der Waals surface area contributed by atoms with Gasteiger partial charge in [0.2, 0.25) is 5.91 Å². The summed E-state index contributed by atoms with van der Waals surface area (Å²) in [4.78, 5) is 15.3. The van der Waals surface area contributed by atoms with Crippen molar-refractivity contribution in [2.24, 2.45) is 0 Å². The Morgan fingerprint density at radius 1 is 1.07 bits per heavy atom. The number of hydrogen-bond donors (Lipinski definition) is 3. The minimum Gasteiger partial charge on any atom is -0.367 e. The molecule has 136 valence electrons. The molecule has 0 radical (unpaired) electrons. The van der Waals surface area contributed by atoms with Gasteiger partial charge in [-0.05, 0) is 29.8 Å². The number of para-hydroxylation sites is 1. The largest absolute Gasteiger partial charge is 0.367 e. The SMILES string of the molecule is O=C(Cc1c[nH]c2ccccc12)NCCNc1ccc(-n2cccn2)nn1. The standard InChI is InChI=1S/C19H19N7O/c27-19(12-14-13-22-16-5-2-1-4-15(14)16)21-10-9-20-17-6-7-18(25-24-17)26-11-3-8-23-26/h1-8,11,13,22H,9-10,12H2,(H,20,24)(H,21,27). The molecule has 3 aromatic heterocycles. The summed E-state index contributed by atoms with van der Waals surface area (Å²) in [5.74, 6) is 1.29. The van der Waals surface area contributed by atoms with Crippen molar-refractivity contribution in [2.45, 2.75) is 6.42 Å². The Labute approximate surface area is 155 Å². The summed E-state index contributed by atoms with van der Waals surface area (Å²) in [7, 11) is 0. The molecule has 0 aliphatic rings. The molecule has 0 saturated carbocycles. The second-order valence-corrected chi connectivity index (χ2v) is 6.04. The Morgan fingerprint density at radius 3 is 2.81 bits per heavy atom. The van der Waals surface area contributed by atoms with E-state index in [0.717, 1.165) is 16.5 Å². The van der Waals surface area contributed by atoms with Crippen LogP contribution in [-0.2, 0) is 11.2 Å². The summed E-state index contributed by atoms with van der Waals surface area (Å²) in [6, 6.07) is 13.4. The lowest BCUT2D eigenvalue weighted by atomic mass is 10.1. The summed E-state index contributed by atoms with van der Waals surface area (Å²) >= 11 is 0. The van der Waals surface area contributed by atoms with Crippen molar-refractivity contribution >= 4 is 22.6 Å². The molecule has 0 aliphatic carbocycles. The van der Waals surface area contributed by atoms with Crippen molar-refractivity contribution in [3.8, 4) is 5.82 Å². The van der Waals surface area contributed by atoms with Gasteiger partial charge in [0.1, 0.15) is 5.82 Å². The molecule has 3 heterocycles. The third-order valence-corrected chi connectivity index (χ3v) is 4.17. The Kier molecular flexibility index (Phi) is 4.78. The molecule has 8 heteroatoms. The van der Waals surface area contributed by atoms with Gasteiger partial charge in [0.05, 0.1) is 6.42 Å². The number of hydrogen-bond acceptors (Lipinski definition) is 5. The molecular formula is C19H19N7O. The smallest absolute Gasteiger partial charge is 0.224 e. The first kappa shape index (κ1) is 16.8. The van der Waals surface area contributed by atoms with Crippen molar-refractivity contribution in [1.82, 2.24) is 30.3 Å². The molecule has 8 nitrogen and oxygen atoms in total. The average Bonchev–Trinajstić information content (AvgIpc) is 3.37. The molecule has 0 aliphatic heterocycles. The van der Waals surface area contributed by atoms with Crippen LogP contribution in [0.2, 0.25) is 0 Å². The van der Waals surface area contributed by atoms with E-state index >= 15 is 0 Å². The fourth-order valence-corrected chi connectivity index (χ4v) is 2.85. The average molecular weight is 361 g/mol. The molecule has 0 atom stereocenters. The summed E-state index contributed by atoms with van der Waals surface area (Å²) < 4.78 is 1.64. The molecule has 0 fully saturated rings. The van der Waals surface area contributed by atoms with Crippen LogP contribution in [-0.4, -0.2) is 44.0 Å². The Bertz CT molecular complexity index is 1020. The molecule has 0 saturated heterocycles. The highest BCUT2D eigenvalue weighted by molar-refractivity contribution is 5.88. The van der Waals surface area contributed by atoms with Gasteiger partial charge in [-0.25, -0.2) is 4.68 Å². The topological polar surface area (TPSA) is 101 Å². The summed E-state index contributed by atoms with van der Waals surface area (Å²) in [6.07, 6.45) is 5.73. The number of nitrogens with one attached hydrogen (secondary N) is 3. The lowest BCUT2D eigenvalue weighted by Crippen LogP contribution is -2.30. The van der Waals surface area contributed by atoms with Crippen LogP contribution in [0.1, 0.15) is 5.56 Å². The fourth-order valence-electron chi connectivity index (χ4n) is 2.85. The van der Waals surface area contributed by atoms with E-state index in [9.17, 15) is 4.79 Å². The first-order valence-corrected chi connectivity index (χ1v) is 8.69. The number of carbonyl (C=O) groups is 1. The normalized spacial score (nSPS) is 10.8. The summed E-state index contributed by atoms with van der Waals surface area (Å²) in [6.45, 7) is 1.07. The Morgan fingerprint density at radius 2 is 2.00 bits per heavy atom. The fraction of sp³-hybridized carbons (Fsp3) is 0.158. The van der Waals surface area contributed by atoms with Gasteiger partial charge in [0.15, 0.2) is 5.82 Å². The molecule has 3 N–H and O–H groups in total. The number of anilines is 1. The lowest BCUT2D eigenvalue weighted by molar-refractivity contribution is -0.120. The number of aromatic amines is 1. The highest BCUT2D eigenvalue weighted by Crippen LogP contribution is 2.17. The van der Waals surface area contributed by atoms with Crippen molar-refractivity contribution < 1.29 is 4.79 Å². The van der Waals surface area contributed by atoms with Crippen LogP contribution < -0.4 is 10.6 Å². The van der Waals surface area contributed by atoms with E-state index in [0.29, 0.717) is 31.1 Å². The number of rotatable bonds is 7. The summed E-state index contributed by atoms with van der Waals surface area (Å²) in [5.41, 5.74) is 2.04. The van der Waals surface area contributed by atoms with Gasteiger partial charge in [-0.2, -0.15) is 5.10 Å². The Balaban J connectivity index is 1.23.